The Hall–Kier alpha value is -2.57. The Morgan fingerprint density at radius 3 is 2.38 bits per heavy atom. The monoisotopic (exact) mass is 436 g/mol. The van der Waals surface area contributed by atoms with E-state index in [0.29, 0.717) is 6.54 Å². The summed E-state index contributed by atoms with van der Waals surface area (Å²) in [6, 6.07) is 18.8. The smallest absolute Gasteiger partial charge is 0.194 e. The second-order valence-electron chi connectivity index (χ2n) is 8.44. The summed E-state index contributed by atoms with van der Waals surface area (Å²) in [7, 11) is 0. The van der Waals surface area contributed by atoms with Gasteiger partial charge in [-0.25, -0.2) is 4.99 Å². The number of piperidine rings is 1. The van der Waals surface area contributed by atoms with Crippen LogP contribution < -0.4 is 10.1 Å². The van der Waals surface area contributed by atoms with Gasteiger partial charge in [0, 0.05) is 52.1 Å². The van der Waals surface area contributed by atoms with Gasteiger partial charge in [-0.1, -0.05) is 42.5 Å². The van der Waals surface area contributed by atoms with E-state index in [9.17, 15) is 0 Å². The zero-order valence-electron chi connectivity index (χ0n) is 19.2. The topological polar surface area (TPSA) is 49.3 Å². The number of ether oxygens (including phenoxy) is 2. The van der Waals surface area contributed by atoms with Crippen molar-refractivity contribution in [1.29, 1.82) is 0 Å². The lowest BCUT2D eigenvalue weighted by atomic mass is 10.1. The van der Waals surface area contributed by atoms with E-state index >= 15 is 0 Å². The van der Waals surface area contributed by atoms with Gasteiger partial charge in [0.05, 0.1) is 19.8 Å². The fraction of sp³-hybridized carbons (Fsp3) is 0.500. The highest BCUT2D eigenvalue weighted by atomic mass is 16.5. The van der Waals surface area contributed by atoms with Crippen LogP contribution in [0.25, 0.3) is 0 Å². The van der Waals surface area contributed by atoms with Crippen molar-refractivity contribution in [3.8, 4) is 5.75 Å². The minimum absolute atomic E-state index is 0.269. The average Bonchev–Trinajstić information content (AvgIpc) is 2.84. The third kappa shape index (κ3) is 6.47. The number of likely N-dealkylation sites (tertiary alicyclic amines) is 1. The molecule has 0 aromatic heterocycles. The molecule has 0 amide bonds. The Morgan fingerprint density at radius 1 is 0.969 bits per heavy atom. The Balaban J connectivity index is 1.35. The standard InChI is InChI=1S/C26H36N4O2/c1-2-27-26(30-14-12-25(13-15-30)32-24-10-4-3-5-11-24)28-20-22-8-6-7-9-23(22)21-29-16-18-31-19-17-29/h3-11,25H,2,12-21H2,1H3,(H,27,28). The lowest BCUT2D eigenvalue weighted by Gasteiger charge is -2.34. The van der Waals surface area contributed by atoms with E-state index in [0.717, 1.165) is 77.0 Å². The van der Waals surface area contributed by atoms with Crippen LogP contribution in [0.3, 0.4) is 0 Å². The quantitative estimate of drug-likeness (QED) is 0.532. The van der Waals surface area contributed by atoms with Gasteiger partial charge in [-0.15, -0.1) is 0 Å². The molecule has 2 fully saturated rings. The van der Waals surface area contributed by atoms with Crippen molar-refractivity contribution in [2.45, 2.75) is 39.0 Å². The van der Waals surface area contributed by atoms with Crippen LogP contribution in [0.15, 0.2) is 59.6 Å². The molecule has 32 heavy (non-hydrogen) atoms. The summed E-state index contributed by atoms with van der Waals surface area (Å²) in [6.07, 6.45) is 2.28. The first kappa shape index (κ1) is 22.6. The highest BCUT2D eigenvalue weighted by Crippen LogP contribution is 2.19. The van der Waals surface area contributed by atoms with Crippen LogP contribution in [0, 0.1) is 0 Å². The van der Waals surface area contributed by atoms with E-state index < -0.39 is 0 Å². The van der Waals surface area contributed by atoms with Gasteiger partial charge in [0.25, 0.3) is 0 Å². The van der Waals surface area contributed by atoms with Gasteiger partial charge in [0.1, 0.15) is 11.9 Å². The minimum atomic E-state index is 0.269. The lowest BCUT2D eigenvalue weighted by molar-refractivity contribution is 0.0341. The first-order chi connectivity index (χ1) is 15.8. The van der Waals surface area contributed by atoms with E-state index in [1.54, 1.807) is 0 Å². The molecule has 2 aromatic rings. The van der Waals surface area contributed by atoms with E-state index in [1.807, 2.05) is 30.3 Å². The number of rotatable bonds is 7. The maximum atomic E-state index is 6.16. The number of morpholine rings is 1. The summed E-state index contributed by atoms with van der Waals surface area (Å²) >= 11 is 0. The van der Waals surface area contributed by atoms with Crippen molar-refractivity contribution in [2.75, 3.05) is 45.9 Å². The maximum absolute atomic E-state index is 6.16. The lowest BCUT2D eigenvalue weighted by Crippen LogP contribution is -2.47. The summed E-state index contributed by atoms with van der Waals surface area (Å²) in [4.78, 5) is 9.86. The maximum Gasteiger partial charge on any atom is 0.194 e. The second kappa shape index (κ2) is 11.9. The van der Waals surface area contributed by atoms with Gasteiger partial charge in [-0.2, -0.15) is 0 Å². The number of aliphatic imine (C=N–C) groups is 1. The van der Waals surface area contributed by atoms with E-state index in [1.165, 1.54) is 11.1 Å². The van der Waals surface area contributed by atoms with Gasteiger partial charge in [0.2, 0.25) is 0 Å². The van der Waals surface area contributed by atoms with Crippen molar-refractivity contribution in [1.82, 2.24) is 15.1 Å². The molecule has 6 nitrogen and oxygen atoms in total. The summed E-state index contributed by atoms with van der Waals surface area (Å²) in [5, 5.41) is 3.50. The van der Waals surface area contributed by atoms with Crippen LogP contribution >= 0.6 is 0 Å². The Bertz CT molecular complexity index is 844. The van der Waals surface area contributed by atoms with Crippen molar-refractivity contribution in [3.63, 3.8) is 0 Å². The fourth-order valence-corrected chi connectivity index (χ4v) is 4.33. The Kier molecular flexibility index (Phi) is 8.40. The molecule has 0 atom stereocenters. The van der Waals surface area contributed by atoms with Gasteiger partial charge in [-0.05, 0) is 30.2 Å². The molecular formula is C26H36N4O2. The highest BCUT2D eigenvalue weighted by Gasteiger charge is 2.23. The molecule has 1 N–H and O–H groups in total. The molecule has 2 heterocycles. The SMILES string of the molecule is CCNC(=NCc1ccccc1CN1CCOCC1)N1CCC(Oc2ccccc2)CC1. The van der Waals surface area contributed by atoms with E-state index in [-0.39, 0.29) is 6.10 Å². The number of benzene rings is 2. The van der Waals surface area contributed by atoms with Crippen LogP contribution in [0.2, 0.25) is 0 Å². The molecule has 0 saturated carbocycles. The van der Waals surface area contributed by atoms with Crippen molar-refractivity contribution < 1.29 is 9.47 Å². The van der Waals surface area contributed by atoms with Crippen LogP contribution in [-0.4, -0.2) is 67.8 Å². The second-order valence-corrected chi connectivity index (χ2v) is 8.44. The van der Waals surface area contributed by atoms with Gasteiger partial charge >= 0.3 is 0 Å². The van der Waals surface area contributed by atoms with Crippen LogP contribution in [0.1, 0.15) is 30.9 Å². The summed E-state index contributed by atoms with van der Waals surface area (Å²) in [5.74, 6) is 1.97. The molecule has 2 aliphatic rings. The molecule has 0 radical (unpaired) electrons. The number of nitrogens with zero attached hydrogens (tertiary/aromatic N) is 3. The molecule has 4 rings (SSSR count). The predicted molar refractivity (Wildman–Crippen MR) is 129 cm³/mol. The fourth-order valence-electron chi connectivity index (χ4n) is 4.33. The molecule has 0 bridgehead atoms. The number of hydrogen-bond acceptors (Lipinski definition) is 4. The van der Waals surface area contributed by atoms with Gasteiger partial charge < -0.3 is 19.7 Å². The zero-order chi connectivity index (χ0) is 22.0. The third-order valence-electron chi connectivity index (χ3n) is 6.14. The zero-order valence-corrected chi connectivity index (χ0v) is 19.2. The highest BCUT2D eigenvalue weighted by molar-refractivity contribution is 5.80. The van der Waals surface area contributed by atoms with E-state index in [2.05, 4.69) is 46.3 Å². The van der Waals surface area contributed by atoms with E-state index in [4.69, 9.17) is 14.5 Å². The van der Waals surface area contributed by atoms with Gasteiger partial charge in [0.15, 0.2) is 5.96 Å². The molecule has 2 aromatic carbocycles. The Labute approximate surface area is 192 Å². The average molecular weight is 437 g/mol. The molecule has 0 spiro atoms. The summed E-state index contributed by atoms with van der Waals surface area (Å²) in [6.45, 7) is 10.2. The third-order valence-corrected chi connectivity index (χ3v) is 6.14. The van der Waals surface area contributed by atoms with Gasteiger partial charge in [-0.3, -0.25) is 4.90 Å². The number of nitrogens with one attached hydrogen (secondary N) is 1. The van der Waals surface area contributed by atoms with Crippen LogP contribution in [0.4, 0.5) is 0 Å². The summed E-state index contributed by atoms with van der Waals surface area (Å²) < 4.78 is 11.7. The van der Waals surface area contributed by atoms with Crippen molar-refractivity contribution in [3.05, 3.63) is 65.7 Å². The largest absolute Gasteiger partial charge is 0.490 e. The Morgan fingerprint density at radius 2 is 1.66 bits per heavy atom. The first-order valence-electron chi connectivity index (χ1n) is 11.9. The van der Waals surface area contributed by atoms with Crippen LogP contribution in [0.5, 0.6) is 5.75 Å². The molecule has 2 saturated heterocycles. The van der Waals surface area contributed by atoms with Crippen molar-refractivity contribution >= 4 is 5.96 Å². The molecule has 0 unspecified atom stereocenters. The minimum Gasteiger partial charge on any atom is -0.490 e. The molecule has 6 heteroatoms. The molecule has 2 aliphatic heterocycles. The molecule has 172 valence electrons. The molecule has 0 aliphatic carbocycles. The van der Waals surface area contributed by atoms with Crippen molar-refractivity contribution in [2.24, 2.45) is 4.99 Å². The number of para-hydroxylation sites is 1. The first-order valence-corrected chi connectivity index (χ1v) is 11.9. The molecular weight excluding hydrogens is 400 g/mol. The summed E-state index contributed by atoms with van der Waals surface area (Å²) in [5.41, 5.74) is 2.67. The van der Waals surface area contributed by atoms with Crippen LogP contribution in [-0.2, 0) is 17.8 Å². The number of guanidine groups is 1. The normalized spacial score (nSPS) is 18.5. The number of hydrogen-bond donors (Lipinski definition) is 1. The predicted octanol–water partition coefficient (Wildman–Crippen LogP) is 3.53.